The van der Waals surface area contributed by atoms with Gasteiger partial charge in [0, 0.05) is 12.5 Å². The molecule has 0 aromatic heterocycles. The third-order valence-electron chi connectivity index (χ3n) is 2.18. The predicted octanol–water partition coefficient (Wildman–Crippen LogP) is 0.332. The monoisotopic (exact) mass is 185 g/mol. The van der Waals surface area contributed by atoms with Crippen LogP contribution >= 0.6 is 0 Å². The number of ketones is 1. The SMILES string of the molecule is CC(C)C(=O)[C@@H]1CCN1C.O=C=O. The van der Waals surface area contributed by atoms with Crippen molar-refractivity contribution in [3.05, 3.63) is 0 Å². The van der Waals surface area contributed by atoms with Gasteiger partial charge in [-0.1, -0.05) is 13.8 Å². The maximum absolute atomic E-state index is 11.3. The highest BCUT2D eigenvalue weighted by Crippen LogP contribution is 2.18. The van der Waals surface area contributed by atoms with E-state index < -0.39 is 0 Å². The molecule has 1 rings (SSSR count). The summed E-state index contributed by atoms with van der Waals surface area (Å²) in [4.78, 5) is 29.7. The number of rotatable bonds is 2. The van der Waals surface area contributed by atoms with Crippen LogP contribution in [0.1, 0.15) is 20.3 Å². The van der Waals surface area contributed by atoms with Gasteiger partial charge in [-0.15, -0.1) is 0 Å². The summed E-state index contributed by atoms with van der Waals surface area (Å²) in [6.45, 7) is 5.02. The van der Waals surface area contributed by atoms with Crippen molar-refractivity contribution in [2.75, 3.05) is 13.6 Å². The van der Waals surface area contributed by atoms with Crippen molar-refractivity contribution < 1.29 is 14.4 Å². The van der Waals surface area contributed by atoms with E-state index >= 15 is 0 Å². The Balaban J connectivity index is 0.000000424. The number of nitrogens with zero attached hydrogens (tertiary/aromatic N) is 1. The molecule has 0 saturated carbocycles. The Morgan fingerprint density at radius 3 is 2.00 bits per heavy atom. The van der Waals surface area contributed by atoms with Crippen LogP contribution in [-0.4, -0.2) is 36.5 Å². The van der Waals surface area contributed by atoms with E-state index in [1.54, 1.807) is 0 Å². The molecule has 0 spiro atoms. The molecule has 0 radical (unpaired) electrons. The molecule has 0 aromatic carbocycles. The molecule has 1 heterocycles. The highest BCUT2D eigenvalue weighted by Gasteiger charge is 2.31. The lowest BCUT2D eigenvalue weighted by atomic mass is 9.93. The molecular formula is C9H15NO3. The molecular weight excluding hydrogens is 170 g/mol. The van der Waals surface area contributed by atoms with Crippen LogP contribution in [0.5, 0.6) is 0 Å². The van der Waals surface area contributed by atoms with Crippen LogP contribution < -0.4 is 0 Å². The van der Waals surface area contributed by atoms with Crippen LogP contribution in [0.2, 0.25) is 0 Å². The number of likely N-dealkylation sites (N-methyl/N-ethyl adjacent to an activating group) is 1. The fourth-order valence-electron chi connectivity index (χ4n) is 1.26. The molecule has 0 unspecified atom stereocenters. The third kappa shape index (κ3) is 3.49. The van der Waals surface area contributed by atoms with Crippen molar-refractivity contribution in [3.63, 3.8) is 0 Å². The van der Waals surface area contributed by atoms with Crippen molar-refractivity contribution >= 4 is 11.9 Å². The van der Waals surface area contributed by atoms with E-state index in [4.69, 9.17) is 9.59 Å². The molecule has 0 bridgehead atoms. The van der Waals surface area contributed by atoms with E-state index in [0.29, 0.717) is 5.78 Å². The van der Waals surface area contributed by atoms with E-state index in [0.717, 1.165) is 13.0 Å². The third-order valence-corrected chi connectivity index (χ3v) is 2.18. The number of likely N-dealkylation sites (tertiary alicyclic amines) is 1. The normalized spacial score (nSPS) is 21.1. The number of hydrogen-bond donors (Lipinski definition) is 0. The Hall–Kier alpha value is -0.990. The van der Waals surface area contributed by atoms with Crippen LogP contribution in [0.25, 0.3) is 0 Å². The van der Waals surface area contributed by atoms with Gasteiger partial charge in [-0.2, -0.15) is 9.59 Å². The average Bonchev–Trinajstić information content (AvgIpc) is 2.03. The fraction of sp³-hybridized carbons (Fsp3) is 0.778. The molecule has 13 heavy (non-hydrogen) atoms. The van der Waals surface area contributed by atoms with Crippen LogP contribution in [0, 0.1) is 5.92 Å². The molecule has 4 heteroatoms. The fourth-order valence-corrected chi connectivity index (χ4v) is 1.26. The van der Waals surface area contributed by atoms with Gasteiger partial charge in [0.25, 0.3) is 0 Å². The van der Waals surface area contributed by atoms with E-state index in [-0.39, 0.29) is 18.1 Å². The van der Waals surface area contributed by atoms with Gasteiger partial charge >= 0.3 is 6.15 Å². The number of carbonyl (C=O) groups excluding carboxylic acids is 3. The first-order chi connectivity index (χ1) is 6.04. The van der Waals surface area contributed by atoms with Gasteiger partial charge in [0.15, 0.2) is 5.78 Å². The van der Waals surface area contributed by atoms with Crippen molar-refractivity contribution in [3.8, 4) is 0 Å². The van der Waals surface area contributed by atoms with Gasteiger partial charge in [-0.25, -0.2) is 0 Å². The summed E-state index contributed by atoms with van der Waals surface area (Å²) in [5.41, 5.74) is 0. The zero-order valence-corrected chi connectivity index (χ0v) is 8.24. The Morgan fingerprint density at radius 1 is 1.46 bits per heavy atom. The smallest absolute Gasteiger partial charge is 0.298 e. The Labute approximate surface area is 77.9 Å². The van der Waals surface area contributed by atoms with Crippen molar-refractivity contribution in [2.24, 2.45) is 5.92 Å². The molecule has 1 fully saturated rings. The highest BCUT2D eigenvalue weighted by molar-refractivity contribution is 5.86. The maximum atomic E-state index is 11.3. The summed E-state index contributed by atoms with van der Waals surface area (Å²) in [5.74, 6) is 0.599. The second-order valence-corrected chi connectivity index (χ2v) is 3.43. The van der Waals surface area contributed by atoms with Gasteiger partial charge in [0.05, 0.1) is 6.04 Å². The minimum atomic E-state index is 0.202. The Morgan fingerprint density at radius 2 is 1.92 bits per heavy atom. The standard InChI is InChI=1S/C8H15NO.CO2/c1-6(2)8(10)7-4-5-9(7)3;2-1-3/h6-7H,4-5H2,1-3H3;/t7-;/m0./s1. The minimum absolute atomic E-state index is 0.202. The molecule has 1 saturated heterocycles. The molecule has 0 aromatic rings. The largest absolute Gasteiger partial charge is 0.373 e. The zero-order valence-electron chi connectivity index (χ0n) is 8.24. The van der Waals surface area contributed by atoms with Crippen LogP contribution in [0.15, 0.2) is 0 Å². The lowest BCUT2D eigenvalue weighted by Crippen LogP contribution is -2.51. The Bertz CT molecular complexity index is 207. The summed E-state index contributed by atoms with van der Waals surface area (Å²) in [6.07, 6.45) is 1.31. The molecule has 0 N–H and O–H groups in total. The first kappa shape index (κ1) is 12.0. The van der Waals surface area contributed by atoms with Crippen molar-refractivity contribution in [2.45, 2.75) is 26.3 Å². The average molecular weight is 185 g/mol. The lowest BCUT2D eigenvalue weighted by molar-refractivity contribution is -0.191. The van der Waals surface area contributed by atoms with Gasteiger partial charge in [0.2, 0.25) is 0 Å². The first-order valence-corrected chi connectivity index (χ1v) is 4.27. The maximum Gasteiger partial charge on any atom is 0.373 e. The van der Waals surface area contributed by atoms with E-state index in [1.165, 1.54) is 0 Å². The van der Waals surface area contributed by atoms with Gasteiger partial charge < -0.3 is 0 Å². The molecule has 1 atom stereocenters. The summed E-state index contributed by atoms with van der Waals surface area (Å²) >= 11 is 0. The van der Waals surface area contributed by atoms with Crippen molar-refractivity contribution in [1.29, 1.82) is 0 Å². The highest BCUT2D eigenvalue weighted by atomic mass is 16.2. The van der Waals surface area contributed by atoms with Crippen LogP contribution in [0.4, 0.5) is 0 Å². The van der Waals surface area contributed by atoms with Crippen molar-refractivity contribution in [1.82, 2.24) is 4.90 Å². The topological polar surface area (TPSA) is 54.5 Å². The summed E-state index contributed by atoms with van der Waals surface area (Å²) in [5, 5.41) is 0. The number of hydrogen-bond acceptors (Lipinski definition) is 4. The van der Waals surface area contributed by atoms with Gasteiger partial charge in [-0.05, 0) is 13.5 Å². The molecule has 74 valence electrons. The molecule has 4 nitrogen and oxygen atoms in total. The predicted molar refractivity (Wildman–Crippen MR) is 45.9 cm³/mol. The minimum Gasteiger partial charge on any atom is -0.298 e. The van der Waals surface area contributed by atoms with E-state index in [1.807, 2.05) is 20.9 Å². The molecule has 0 amide bonds. The Kier molecular flexibility index (Phi) is 5.19. The van der Waals surface area contributed by atoms with E-state index in [9.17, 15) is 4.79 Å². The van der Waals surface area contributed by atoms with Gasteiger partial charge in [-0.3, -0.25) is 9.69 Å². The van der Waals surface area contributed by atoms with Crippen LogP contribution in [-0.2, 0) is 14.4 Å². The number of Topliss-reactive ketones (excluding diaryl/α,β-unsaturated/α-hetero) is 1. The second kappa shape index (κ2) is 5.62. The quantitative estimate of drug-likeness (QED) is 0.622. The van der Waals surface area contributed by atoms with Crippen LogP contribution in [0.3, 0.4) is 0 Å². The zero-order chi connectivity index (χ0) is 10.4. The number of carbonyl (C=O) groups is 1. The molecule has 1 aliphatic heterocycles. The first-order valence-electron chi connectivity index (χ1n) is 4.27. The molecule has 0 aliphatic carbocycles. The lowest BCUT2D eigenvalue weighted by Gasteiger charge is -2.37. The summed E-state index contributed by atoms with van der Waals surface area (Å²) in [6, 6.07) is 0.236. The summed E-state index contributed by atoms with van der Waals surface area (Å²) < 4.78 is 0. The van der Waals surface area contributed by atoms with E-state index in [2.05, 4.69) is 4.90 Å². The summed E-state index contributed by atoms with van der Waals surface area (Å²) in [7, 11) is 2.01. The molecule has 1 aliphatic rings. The van der Waals surface area contributed by atoms with Gasteiger partial charge in [0.1, 0.15) is 0 Å². The second-order valence-electron chi connectivity index (χ2n) is 3.43.